The number of hydrogen-bond acceptors (Lipinski definition) is 7. The van der Waals surface area contributed by atoms with Crippen LogP contribution in [0.25, 0.3) is 0 Å². The summed E-state index contributed by atoms with van der Waals surface area (Å²) in [7, 11) is -4.05. The van der Waals surface area contributed by atoms with E-state index < -0.39 is 21.2 Å². The number of amides is 2. The van der Waals surface area contributed by atoms with Gasteiger partial charge in [-0.1, -0.05) is 55.6 Å². The van der Waals surface area contributed by atoms with Gasteiger partial charge >= 0.3 is 0 Å². The Kier molecular flexibility index (Phi) is 10.4. The number of thiophene rings is 1. The second kappa shape index (κ2) is 13.3. The zero-order chi connectivity index (χ0) is 26.1. The van der Waals surface area contributed by atoms with E-state index in [1.165, 1.54) is 36.0 Å². The number of rotatable bonds is 13. The molecule has 1 fully saturated rings. The van der Waals surface area contributed by atoms with Crippen LogP contribution in [0.1, 0.15) is 39.0 Å². The Labute approximate surface area is 224 Å². The maximum atomic E-state index is 12.9. The summed E-state index contributed by atoms with van der Waals surface area (Å²) in [6.07, 6.45) is 5.82. The Hall–Kier alpha value is -2.34. The highest BCUT2D eigenvalue weighted by molar-refractivity contribution is 8.16. The Bertz CT molecular complexity index is 1210. The molecule has 1 atom stereocenters. The van der Waals surface area contributed by atoms with E-state index in [1.807, 2.05) is 0 Å². The molecule has 0 aliphatic carbocycles. The van der Waals surface area contributed by atoms with Crippen LogP contribution in [0.5, 0.6) is 5.75 Å². The third-order valence-corrected chi connectivity index (χ3v) is 9.36. The van der Waals surface area contributed by atoms with Crippen LogP contribution in [-0.4, -0.2) is 48.7 Å². The SMILES string of the molecule is C=CCN1C(=O)C(CC(=O)Nc2ccc(OCCCCCC)cc2)SC1=NS(=O)(=O)c1ccc(Cl)s1. The van der Waals surface area contributed by atoms with Gasteiger partial charge in [0.1, 0.15) is 15.2 Å². The summed E-state index contributed by atoms with van der Waals surface area (Å²) in [6, 6.07) is 9.86. The fourth-order valence-corrected chi connectivity index (χ4v) is 7.15. The van der Waals surface area contributed by atoms with Gasteiger partial charge in [-0.3, -0.25) is 14.5 Å². The molecule has 2 aromatic rings. The molecule has 2 heterocycles. The number of halogens is 1. The highest BCUT2D eigenvalue weighted by Crippen LogP contribution is 2.33. The van der Waals surface area contributed by atoms with Crippen molar-refractivity contribution < 1.29 is 22.7 Å². The van der Waals surface area contributed by atoms with Crippen LogP contribution in [0.15, 0.2) is 57.7 Å². The fourth-order valence-electron chi connectivity index (χ4n) is 3.32. The normalized spacial score (nSPS) is 16.9. The molecule has 1 N–H and O–H groups in total. The van der Waals surface area contributed by atoms with Crippen LogP contribution in [0.3, 0.4) is 0 Å². The van der Waals surface area contributed by atoms with Crippen molar-refractivity contribution in [3.05, 3.63) is 53.4 Å². The Morgan fingerprint density at radius 2 is 1.97 bits per heavy atom. The maximum absolute atomic E-state index is 12.9. The quantitative estimate of drug-likeness (QED) is 0.250. The van der Waals surface area contributed by atoms with Crippen molar-refractivity contribution in [1.82, 2.24) is 4.90 Å². The molecule has 1 saturated heterocycles. The summed E-state index contributed by atoms with van der Waals surface area (Å²) in [5.41, 5.74) is 0.572. The molecule has 194 valence electrons. The summed E-state index contributed by atoms with van der Waals surface area (Å²) < 4.78 is 35.2. The van der Waals surface area contributed by atoms with Crippen LogP contribution in [-0.2, 0) is 19.6 Å². The highest BCUT2D eigenvalue weighted by Gasteiger charge is 2.39. The highest BCUT2D eigenvalue weighted by atomic mass is 35.5. The molecule has 36 heavy (non-hydrogen) atoms. The number of carbonyl (C=O) groups excluding carboxylic acids is 2. The monoisotopic (exact) mass is 569 g/mol. The number of benzene rings is 1. The van der Waals surface area contributed by atoms with Crippen molar-refractivity contribution in [2.45, 2.75) is 48.5 Å². The van der Waals surface area contributed by atoms with E-state index in [9.17, 15) is 18.0 Å². The second-order valence-electron chi connectivity index (χ2n) is 7.94. The first-order chi connectivity index (χ1) is 17.2. The van der Waals surface area contributed by atoms with Crippen molar-refractivity contribution in [1.29, 1.82) is 0 Å². The number of amidine groups is 1. The lowest BCUT2D eigenvalue weighted by Crippen LogP contribution is -2.33. The molecule has 0 bridgehead atoms. The van der Waals surface area contributed by atoms with Crippen LogP contribution in [0.4, 0.5) is 5.69 Å². The molecular formula is C24H28ClN3O5S3. The van der Waals surface area contributed by atoms with Gasteiger partial charge in [0.05, 0.1) is 10.9 Å². The topological polar surface area (TPSA) is 105 Å². The summed E-state index contributed by atoms with van der Waals surface area (Å²) in [6.45, 7) is 6.50. The molecule has 0 saturated carbocycles. The van der Waals surface area contributed by atoms with Crippen molar-refractivity contribution in [2.24, 2.45) is 4.40 Å². The van der Waals surface area contributed by atoms with Crippen molar-refractivity contribution in [2.75, 3.05) is 18.5 Å². The fraction of sp³-hybridized carbons (Fsp3) is 0.375. The molecule has 1 aromatic heterocycles. The second-order valence-corrected chi connectivity index (χ2v) is 12.7. The van der Waals surface area contributed by atoms with Gasteiger partial charge < -0.3 is 10.1 Å². The minimum absolute atomic E-state index is 0.00246. The van der Waals surface area contributed by atoms with Crippen molar-refractivity contribution in [3.8, 4) is 5.75 Å². The molecule has 3 rings (SSSR count). The average Bonchev–Trinajstić information content (AvgIpc) is 3.39. The Morgan fingerprint density at radius 3 is 2.61 bits per heavy atom. The van der Waals surface area contributed by atoms with Gasteiger partial charge in [0.2, 0.25) is 11.8 Å². The molecule has 0 spiro atoms. The van der Waals surface area contributed by atoms with Gasteiger partial charge in [0, 0.05) is 18.7 Å². The van der Waals surface area contributed by atoms with E-state index in [1.54, 1.807) is 24.3 Å². The predicted octanol–water partition coefficient (Wildman–Crippen LogP) is 5.56. The molecular weight excluding hydrogens is 542 g/mol. The molecule has 12 heteroatoms. The lowest BCUT2D eigenvalue weighted by molar-refractivity contribution is -0.127. The minimum atomic E-state index is -4.05. The number of nitrogens with one attached hydrogen (secondary N) is 1. The van der Waals surface area contributed by atoms with Gasteiger partial charge in [-0.2, -0.15) is 8.42 Å². The van der Waals surface area contributed by atoms with Crippen LogP contribution in [0, 0.1) is 0 Å². The lowest BCUT2D eigenvalue weighted by atomic mass is 10.2. The first-order valence-corrected chi connectivity index (χ1v) is 15.0. The molecule has 8 nitrogen and oxygen atoms in total. The van der Waals surface area contributed by atoms with E-state index in [2.05, 4.69) is 23.2 Å². The largest absolute Gasteiger partial charge is 0.494 e. The first-order valence-electron chi connectivity index (χ1n) is 11.5. The van der Waals surface area contributed by atoms with E-state index >= 15 is 0 Å². The van der Waals surface area contributed by atoms with Gasteiger partial charge in [-0.05, 0) is 42.8 Å². The van der Waals surface area contributed by atoms with E-state index in [0.29, 0.717) is 16.6 Å². The van der Waals surface area contributed by atoms with Gasteiger partial charge in [0.15, 0.2) is 5.17 Å². The van der Waals surface area contributed by atoms with Crippen molar-refractivity contribution >= 4 is 67.4 Å². The zero-order valence-electron chi connectivity index (χ0n) is 19.8. The van der Waals surface area contributed by atoms with Gasteiger partial charge in [-0.15, -0.1) is 22.3 Å². The molecule has 1 aliphatic rings. The summed E-state index contributed by atoms with van der Waals surface area (Å²) in [4.78, 5) is 26.7. The molecule has 0 radical (unpaired) electrons. The third kappa shape index (κ3) is 7.83. The standard InChI is InChI=1S/C24H28ClN3O5S3/c1-3-5-6-7-15-33-18-10-8-17(9-11-18)26-21(29)16-19-23(30)28(14-4-2)24(34-19)27-36(31,32)22-13-12-20(25)35-22/h4,8-13,19H,2-3,5-7,14-16H2,1H3,(H,26,29). The average molecular weight is 570 g/mol. The van der Waals surface area contributed by atoms with Crippen molar-refractivity contribution in [3.63, 3.8) is 0 Å². The number of sulfonamides is 1. The Balaban J connectivity index is 1.60. The van der Waals surface area contributed by atoms with E-state index in [-0.39, 0.29) is 28.2 Å². The summed E-state index contributed by atoms with van der Waals surface area (Å²) in [5, 5.41) is 1.96. The van der Waals surface area contributed by atoms with Crippen LogP contribution >= 0.6 is 34.7 Å². The maximum Gasteiger partial charge on any atom is 0.294 e. The lowest BCUT2D eigenvalue weighted by Gasteiger charge is -2.13. The van der Waals surface area contributed by atoms with Gasteiger partial charge in [0.25, 0.3) is 10.0 Å². The molecule has 1 aromatic carbocycles. The van der Waals surface area contributed by atoms with E-state index in [0.717, 1.165) is 41.7 Å². The number of anilines is 1. The first kappa shape index (κ1) is 28.2. The number of ether oxygens (including phenoxy) is 1. The number of thioether (sulfide) groups is 1. The molecule has 2 amide bonds. The molecule has 1 aliphatic heterocycles. The van der Waals surface area contributed by atoms with Crippen LogP contribution < -0.4 is 10.1 Å². The third-order valence-electron chi connectivity index (χ3n) is 5.11. The minimum Gasteiger partial charge on any atom is -0.494 e. The summed E-state index contributed by atoms with van der Waals surface area (Å²) >= 11 is 7.67. The number of carbonyl (C=O) groups is 2. The number of hydrogen-bond donors (Lipinski definition) is 1. The predicted molar refractivity (Wildman–Crippen MR) is 147 cm³/mol. The Morgan fingerprint density at radius 1 is 1.22 bits per heavy atom. The molecule has 1 unspecified atom stereocenters. The zero-order valence-corrected chi connectivity index (χ0v) is 23.0. The smallest absolute Gasteiger partial charge is 0.294 e. The summed E-state index contributed by atoms with van der Waals surface area (Å²) in [5.74, 6) is -0.0537. The number of nitrogens with zero attached hydrogens (tertiary/aromatic N) is 2. The van der Waals surface area contributed by atoms with Crippen LogP contribution in [0.2, 0.25) is 4.34 Å². The van der Waals surface area contributed by atoms with E-state index in [4.69, 9.17) is 16.3 Å². The number of unbranched alkanes of at least 4 members (excludes halogenated alkanes) is 3. The van der Waals surface area contributed by atoms with Gasteiger partial charge in [-0.25, -0.2) is 0 Å².